The Hall–Kier alpha value is -1.20. The molecule has 1 fully saturated rings. The number of carboxylic acid groups (broad SMARTS) is 2. The summed E-state index contributed by atoms with van der Waals surface area (Å²) in [5.41, 5.74) is 0. The first-order valence-corrected chi connectivity index (χ1v) is 9.00. The van der Waals surface area contributed by atoms with Crippen molar-refractivity contribution in [3.63, 3.8) is 0 Å². The molecule has 116 valence electrons. The molecule has 1 aliphatic rings. The summed E-state index contributed by atoms with van der Waals surface area (Å²) < 4.78 is 47.2. The zero-order valence-corrected chi connectivity index (χ0v) is 12.1. The summed E-state index contributed by atoms with van der Waals surface area (Å²) in [5.74, 6) is -3.55. The maximum Gasteiger partial charge on any atom is 0.318 e. The second kappa shape index (κ2) is 6.06. The molecule has 0 aliphatic carbocycles. The molecule has 0 saturated carbocycles. The van der Waals surface area contributed by atoms with Gasteiger partial charge in [0.25, 0.3) is 0 Å². The Morgan fingerprint density at radius 1 is 1.05 bits per heavy atom. The Kier molecular flexibility index (Phi) is 5.10. The molecule has 0 aromatic heterocycles. The molecule has 0 amide bonds. The van der Waals surface area contributed by atoms with E-state index in [1.165, 1.54) is 0 Å². The van der Waals surface area contributed by atoms with E-state index in [2.05, 4.69) is 0 Å². The summed E-state index contributed by atoms with van der Waals surface area (Å²) in [7, 11) is -7.42. The lowest BCUT2D eigenvalue weighted by molar-refractivity contribution is -0.139. The number of nitrogens with zero attached hydrogens (tertiary/aromatic N) is 1. The molecule has 9 nitrogen and oxygen atoms in total. The van der Waals surface area contributed by atoms with Gasteiger partial charge in [0.2, 0.25) is 10.0 Å². The highest BCUT2D eigenvalue weighted by molar-refractivity contribution is 7.92. The monoisotopic (exact) mass is 329 g/mol. The number of carbonyl (C=O) groups is 2. The predicted octanol–water partition coefficient (Wildman–Crippen LogP) is -1.64. The van der Waals surface area contributed by atoms with Gasteiger partial charge in [-0.05, 0) is 12.8 Å². The lowest BCUT2D eigenvalue weighted by Crippen LogP contribution is -2.46. The molecule has 2 N–H and O–H groups in total. The van der Waals surface area contributed by atoms with Crippen molar-refractivity contribution < 1.29 is 36.6 Å². The van der Waals surface area contributed by atoms with Gasteiger partial charge in [0, 0.05) is 0 Å². The normalized spacial score (nSPS) is 19.9. The molecule has 1 aliphatic heterocycles. The summed E-state index contributed by atoms with van der Waals surface area (Å²) in [4.78, 5) is 21.3. The molecule has 0 spiro atoms. The minimum absolute atomic E-state index is 0.152. The highest BCUT2D eigenvalue weighted by atomic mass is 32.2. The van der Waals surface area contributed by atoms with Crippen molar-refractivity contribution in [1.82, 2.24) is 4.31 Å². The lowest BCUT2D eigenvalue weighted by atomic mass is 10.2. The van der Waals surface area contributed by atoms with Crippen molar-refractivity contribution >= 4 is 31.8 Å². The molecule has 1 saturated heterocycles. The van der Waals surface area contributed by atoms with E-state index in [1.807, 2.05) is 0 Å². The first-order chi connectivity index (χ1) is 9.04. The van der Waals surface area contributed by atoms with Gasteiger partial charge in [-0.1, -0.05) is 0 Å². The van der Waals surface area contributed by atoms with Crippen molar-refractivity contribution in [2.45, 2.75) is 18.1 Å². The van der Waals surface area contributed by atoms with E-state index in [1.54, 1.807) is 0 Å². The Morgan fingerprint density at radius 3 is 1.80 bits per heavy atom. The average molecular weight is 329 g/mol. The van der Waals surface area contributed by atoms with Crippen LogP contribution in [-0.4, -0.2) is 73.1 Å². The first kappa shape index (κ1) is 16.9. The van der Waals surface area contributed by atoms with E-state index in [-0.39, 0.29) is 24.3 Å². The number of rotatable bonds is 6. The third-order valence-electron chi connectivity index (χ3n) is 2.91. The topological polar surface area (TPSA) is 146 Å². The van der Waals surface area contributed by atoms with E-state index >= 15 is 0 Å². The van der Waals surface area contributed by atoms with E-state index in [4.69, 9.17) is 10.2 Å². The molecule has 20 heavy (non-hydrogen) atoms. The predicted molar refractivity (Wildman–Crippen MR) is 67.4 cm³/mol. The Bertz CT molecular complexity index is 563. The maximum absolute atomic E-state index is 12.2. The molecular weight excluding hydrogens is 314 g/mol. The van der Waals surface area contributed by atoms with Gasteiger partial charge in [0.05, 0.1) is 16.8 Å². The van der Waals surface area contributed by atoms with Crippen LogP contribution in [0.2, 0.25) is 0 Å². The number of sulfonamides is 1. The van der Waals surface area contributed by atoms with Crippen molar-refractivity contribution in [1.29, 1.82) is 0 Å². The molecule has 0 bridgehead atoms. The maximum atomic E-state index is 12.2. The molecular formula is C9H15NO8S2. The Labute approximate surface area is 116 Å². The van der Waals surface area contributed by atoms with Gasteiger partial charge >= 0.3 is 11.9 Å². The average Bonchev–Trinajstić information content (AvgIpc) is 2.26. The number of carboxylic acids is 2. The molecule has 0 aromatic carbocycles. The number of sulfone groups is 1. The van der Waals surface area contributed by atoms with E-state index in [0.717, 1.165) is 0 Å². The second-order valence-corrected chi connectivity index (χ2v) is 8.97. The largest absolute Gasteiger partial charge is 0.480 e. The molecule has 0 atom stereocenters. The van der Waals surface area contributed by atoms with Crippen molar-refractivity contribution in [2.75, 3.05) is 24.6 Å². The van der Waals surface area contributed by atoms with Crippen LogP contribution in [0.25, 0.3) is 0 Å². The first-order valence-electron chi connectivity index (χ1n) is 5.67. The van der Waals surface area contributed by atoms with Crippen molar-refractivity contribution in [3.05, 3.63) is 0 Å². The van der Waals surface area contributed by atoms with Gasteiger partial charge in [-0.2, -0.15) is 4.31 Å². The third kappa shape index (κ3) is 4.42. The fraction of sp³-hybridized carbons (Fsp3) is 0.778. The Morgan fingerprint density at radius 2 is 1.45 bits per heavy atom. The van der Waals surface area contributed by atoms with E-state index in [9.17, 15) is 26.4 Å². The second-order valence-electron chi connectivity index (χ2n) is 4.45. The van der Waals surface area contributed by atoms with Crippen LogP contribution in [0.5, 0.6) is 0 Å². The highest BCUT2D eigenvalue weighted by Gasteiger charge is 2.38. The van der Waals surface area contributed by atoms with Gasteiger partial charge in [-0.25, -0.2) is 16.8 Å². The van der Waals surface area contributed by atoms with Gasteiger partial charge in [0.1, 0.15) is 22.9 Å². The zero-order chi connectivity index (χ0) is 15.6. The molecule has 1 heterocycles. The van der Waals surface area contributed by atoms with Crippen LogP contribution in [0.3, 0.4) is 0 Å². The number of aliphatic carboxylic acids is 2. The van der Waals surface area contributed by atoms with Crippen molar-refractivity contribution in [2.24, 2.45) is 0 Å². The molecule has 0 radical (unpaired) electrons. The summed E-state index contributed by atoms with van der Waals surface area (Å²) in [6.07, 6.45) is -0.305. The van der Waals surface area contributed by atoms with Gasteiger partial charge in [-0.3, -0.25) is 9.59 Å². The van der Waals surface area contributed by atoms with Crippen LogP contribution < -0.4 is 0 Å². The fourth-order valence-corrected chi connectivity index (χ4v) is 5.54. The summed E-state index contributed by atoms with van der Waals surface area (Å²) >= 11 is 0. The number of hydrogen-bond acceptors (Lipinski definition) is 6. The van der Waals surface area contributed by atoms with Crippen LogP contribution in [0.15, 0.2) is 0 Å². The Balaban J connectivity index is 2.93. The minimum atomic E-state index is -4.16. The standard InChI is InChI=1S/C9H15NO8S2/c11-8(12)5-10(6-9(13)14)20(17,18)7-1-3-19(15,16)4-2-7/h7H,1-6H2,(H,11,12)(H,13,14). The van der Waals surface area contributed by atoms with Gasteiger partial charge in [-0.15, -0.1) is 0 Å². The molecule has 0 aromatic rings. The van der Waals surface area contributed by atoms with Crippen molar-refractivity contribution in [3.8, 4) is 0 Å². The van der Waals surface area contributed by atoms with Gasteiger partial charge in [0.15, 0.2) is 0 Å². The molecule has 0 unspecified atom stereocenters. The van der Waals surface area contributed by atoms with E-state index < -0.39 is 50.1 Å². The van der Waals surface area contributed by atoms with Gasteiger partial charge < -0.3 is 10.2 Å². The third-order valence-corrected chi connectivity index (χ3v) is 6.91. The van der Waals surface area contributed by atoms with Crippen LogP contribution in [0.4, 0.5) is 0 Å². The van der Waals surface area contributed by atoms with Crippen LogP contribution in [0, 0.1) is 0 Å². The smallest absolute Gasteiger partial charge is 0.318 e. The summed E-state index contributed by atoms with van der Waals surface area (Å²) in [6, 6.07) is 0. The van der Waals surface area contributed by atoms with Crippen LogP contribution >= 0.6 is 0 Å². The summed E-state index contributed by atoms with van der Waals surface area (Å²) in [6.45, 7) is -1.92. The molecule has 1 rings (SSSR count). The quantitative estimate of drug-likeness (QED) is 0.590. The van der Waals surface area contributed by atoms with Crippen LogP contribution in [0.1, 0.15) is 12.8 Å². The SMILES string of the molecule is O=C(O)CN(CC(=O)O)S(=O)(=O)C1CCS(=O)(=O)CC1. The highest BCUT2D eigenvalue weighted by Crippen LogP contribution is 2.22. The fourth-order valence-electron chi connectivity index (χ4n) is 1.91. The summed E-state index contributed by atoms with van der Waals surface area (Å²) in [5, 5.41) is 16.2. The molecule has 11 heteroatoms. The minimum Gasteiger partial charge on any atom is -0.480 e. The lowest BCUT2D eigenvalue weighted by Gasteiger charge is -2.27. The van der Waals surface area contributed by atoms with Crippen LogP contribution in [-0.2, 0) is 29.4 Å². The van der Waals surface area contributed by atoms with E-state index in [0.29, 0.717) is 4.31 Å². The number of hydrogen-bond donors (Lipinski definition) is 2. The zero-order valence-electron chi connectivity index (χ0n) is 10.4.